The van der Waals surface area contributed by atoms with Crippen LogP contribution in [0.3, 0.4) is 0 Å². The highest BCUT2D eigenvalue weighted by molar-refractivity contribution is 9.10. The van der Waals surface area contributed by atoms with Crippen LogP contribution in [0, 0.1) is 5.92 Å². The van der Waals surface area contributed by atoms with Crippen LogP contribution in [0.25, 0.3) is 0 Å². The Hall–Kier alpha value is -0.0500. The van der Waals surface area contributed by atoms with Crippen molar-refractivity contribution in [2.24, 2.45) is 5.92 Å². The van der Waals surface area contributed by atoms with Gasteiger partial charge in [0.1, 0.15) is 0 Å². The number of benzene rings is 1. The maximum atomic E-state index is 6.09. The standard InChI is InChI=1S/C14H19BrClN/c1-17-14(8-10-4-2-3-5-10)12-9-11(16)6-7-13(12)15/h6-7,9-10,14,17H,2-5,8H2,1H3. The largest absolute Gasteiger partial charge is 0.313 e. The van der Waals surface area contributed by atoms with E-state index in [4.69, 9.17) is 11.6 Å². The monoisotopic (exact) mass is 315 g/mol. The molecule has 1 N–H and O–H groups in total. The van der Waals surface area contributed by atoms with E-state index in [1.54, 1.807) is 0 Å². The van der Waals surface area contributed by atoms with Crippen LogP contribution in [0.15, 0.2) is 22.7 Å². The maximum absolute atomic E-state index is 6.09. The van der Waals surface area contributed by atoms with Gasteiger partial charge in [-0.25, -0.2) is 0 Å². The molecule has 17 heavy (non-hydrogen) atoms. The molecule has 1 aliphatic carbocycles. The molecule has 3 heteroatoms. The van der Waals surface area contributed by atoms with Gasteiger partial charge < -0.3 is 5.32 Å². The average Bonchev–Trinajstić information content (AvgIpc) is 2.82. The third-order valence-corrected chi connectivity index (χ3v) is 4.68. The second kappa shape index (κ2) is 6.21. The molecule has 1 aliphatic rings. The predicted octanol–water partition coefficient (Wildman–Crippen LogP) is 4.94. The van der Waals surface area contributed by atoms with Gasteiger partial charge in [0, 0.05) is 15.5 Å². The van der Waals surface area contributed by atoms with Crippen molar-refractivity contribution in [3.63, 3.8) is 0 Å². The zero-order chi connectivity index (χ0) is 12.3. The highest BCUT2D eigenvalue weighted by Gasteiger charge is 2.21. The van der Waals surface area contributed by atoms with Crippen molar-refractivity contribution < 1.29 is 0 Å². The molecule has 0 saturated heterocycles. The summed E-state index contributed by atoms with van der Waals surface area (Å²) in [5.41, 5.74) is 1.28. The van der Waals surface area contributed by atoms with E-state index in [1.807, 2.05) is 19.2 Å². The van der Waals surface area contributed by atoms with Crippen molar-refractivity contribution in [3.8, 4) is 0 Å². The van der Waals surface area contributed by atoms with Gasteiger partial charge in [-0.15, -0.1) is 0 Å². The lowest BCUT2D eigenvalue weighted by Gasteiger charge is -2.21. The minimum atomic E-state index is 0.408. The first-order valence-corrected chi connectivity index (χ1v) is 7.50. The lowest BCUT2D eigenvalue weighted by molar-refractivity contribution is 0.412. The molecule has 0 heterocycles. The molecule has 1 atom stereocenters. The molecule has 0 amide bonds. The van der Waals surface area contributed by atoms with Crippen LogP contribution in [-0.2, 0) is 0 Å². The van der Waals surface area contributed by atoms with Crippen LogP contribution < -0.4 is 5.32 Å². The van der Waals surface area contributed by atoms with E-state index in [-0.39, 0.29) is 0 Å². The number of hydrogen-bond acceptors (Lipinski definition) is 1. The summed E-state index contributed by atoms with van der Waals surface area (Å²) >= 11 is 9.71. The Balaban J connectivity index is 2.13. The van der Waals surface area contributed by atoms with Crippen molar-refractivity contribution in [2.45, 2.75) is 38.1 Å². The second-order valence-corrected chi connectivity index (χ2v) is 6.18. The second-order valence-electron chi connectivity index (χ2n) is 4.89. The summed E-state index contributed by atoms with van der Waals surface area (Å²) in [6.45, 7) is 0. The van der Waals surface area contributed by atoms with Gasteiger partial charge in [-0.1, -0.05) is 53.2 Å². The third kappa shape index (κ3) is 3.46. The van der Waals surface area contributed by atoms with E-state index in [2.05, 4.69) is 27.3 Å². The highest BCUT2D eigenvalue weighted by Crippen LogP contribution is 2.35. The molecule has 1 unspecified atom stereocenters. The fourth-order valence-electron chi connectivity index (χ4n) is 2.76. The zero-order valence-electron chi connectivity index (χ0n) is 10.2. The average molecular weight is 317 g/mol. The van der Waals surface area contributed by atoms with Gasteiger partial charge in [-0.05, 0) is 43.1 Å². The van der Waals surface area contributed by atoms with Gasteiger partial charge >= 0.3 is 0 Å². The van der Waals surface area contributed by atoms with Crippen LogP contribution in [0.5, 0.6) is 0 Å². The molecule has 0 aromatic heterocycles. The SMILES string of the molecule is CNC(CC1CCCC1)c1cc(Cl)ccc1Br. The van der Waals surface area contributed by atoms with Gasteiger partial charge in [-0.3, -0.25) is 0 Å². The molecular weight excluding hydrogens is 298 g/mol. The van der Waals surface area contributed by atoms with E-state index in [0.29, 0.717) is 6.04 Å². The summed E-state index contributed by atoms with van der Waals surface area (Å²) in [6, 6.07) is 6.45. The molecule has 1 saturated carbocycles. The van der Waals surface area contributed by atoms with E-state index < -0.39 is 0 Å². The van der Waals surface area contributed by atoms with Crippen molar-refractivity contribution >= 4 is 27.5 Å². The van der Waals surface area contributed by atoms with Crippen LogP contribution in [0.1, 0.15) is 43.7 Å². The number of nitrogens with one attached hydrogen (secondary N) is 1. The summed E-state index contributed by atoms with van der Waals surface area (Å²) in [5, 5.41) is 4.24. The molecule has 0 radical (unpaired) electrons. The minimum Gasteiger partial charge on any atom is -0.313 e. The van der Waals surface area contributed by atoms with Crippen LogP contribution >= 0.6 is 27.5 Å². The van der Waals surface area contributed by atoms with Crippen LogP contribution in [0.2, 0.25) is 5.02 Å². The smallest absolute Gasteiger partial charge is 0.0410 e. The molecule has 0 aliphatic heterocycles. The summed E-state index contributed by atoms with van der Waals surface area (Å²) in [7, 11) is 2.03. The van der Waals surface area contributed by atoms with Gasteiger partial charge in [0.2, 0.25) is 0 Å². The summed E-state index contributed by atoms with van der Waals surface area (Å²) in [6.07, 6.45) is 6.79. The molecule has 1 aromatic carbocycles. The quantitative estimate of drug-likeness (QED) is 0.829. The normalized spacial score (nSPS) is 18.5. The topological polar surface area (TPSA) is 12.0 Å². The molecule has 1 nitrogen and oxygen atoms in total. The zero-order valence-corrected chi connectivity index (χ0v) is 12.5. The Morgan fingerprint density at radius 3 is 2.76 bits per heavy atom. The first-order chi connectivity index (χ1) is 8.20. The Morgan fingerprint density at radius 2 is 2.12 bits per heavy atom. The fraction of sp³-hybridized carbons (Fsp3) is 0.571. The first-order valence-electron chi connectivity index (χ1n) is 6.33. The van der Waals surface area contributed by atoms with E-state index >= 15 is 0 Å². The summed E-state index contributed by atoms with van der Waals surface area (Å²) in [4.78, 5) is 0. The lowest BCUT2D eigenvalue weighted by Crippen LogP contribution is -2.19. The lowest BCUT2D eigenvalue weighted by atomic mass is 9.94. The van der Waals surface area contributed by atoms with Crippen LogP contribution in [0.4, 0.5) is 0 Å². The maximum Gasteiger partial charge on any atom is 0.0410 e. The van der Waals surface area contributed by atoms with Crippen molar-refractivity contribution in [1.82, 2.24) is 5.32 Å². The molecule has 0 bridgehead atoms. The van der Waals surface area contributed by atoms with E-state index in [1.165, 1.54) is 37.7 Å². The molecule has 1 aromatic rings. The van der Waals surface area contributed by atoms with Crippen molar-refractivity contribution in [1.29, 1.82) is 0 Å². The van der Waals surface area contributed by atoms with Gasteiger partial charge in [-0.2, -0.15) is 0 Å². The minimum absolute atomic E-state index is 0.408. The molecular formula is C14H19BrClN. The summed E-state index contributed by atoms with van der Waals surface area (Å²) < 4.78 is 1.15. The Bertz CT molecular complexity index is 374. The Kier molecular flexibility index (Phi) is 4.89. The van der Waals surface area contributed by atoms with Gasteiger partial charge in [0.25, 0.3) is 0 Å². The molecule has 94 valence electrons. The molecule has 0 spiro atoms. The highest BCUT2D eigenvalue weighted by atomic mass is 79.9. The number of hydrogen-bond donors (Lipinski definition) is 1. The van der Waals surface area contributed by atoms with Crippen molar-refractivity contribution in [2.75, 3.05) is 7.05 Å². The molecule has 1 fully saturated rings. The van der Waals surface area contributed by atoms with E-state index in [0.717, 1.165) is 15.4 Å². The van der Waals surface area contributed by atoms with Gasteiger partial charge in [0.05, 0.1) is 0 Å². The number of rotatable bonds is 4. The van der Waals surface area contributed by atoms with Crippen molar-refractivity contribution in [3.05, 3.63) is 33.3 Å². The predicted molar refractivity (Wildman–Crippen MR) is 77.5 cm³/mol. The Labute approximate surface area is 117 Å². The first kappa shape index (κ1) is 13.4. The molecule has 2 rings (SSSR count). The van der Waals surface area contributed by atoms with Crippen LogP contribution in [-0.4, -0.2) is 7.05 Å². The van der Waals surface area contributed by atoms with E-state index in [9.17, 15) is 0 Å². The fourth-order valence-corrected chi connectivity index (χ4v) is 3.46. The van der Waals surface area contributed by atoms with Gasteiger partial charge in [0.15, 0.2) is 0 Å². The summed E-state index contributed by atoms with van der Waals surface area (Å²) in [5.74, 6) is 0.873. The number of halogens is 2. The third-order valence-electron chi connectivity index (χ3n) is 3.73. The Morgan fingerprint density at radius 1 is 1.41 bits per heavy atom.